The Hall–Kier alpha value is -1.73. The average molecular weight is 335 g/mol. The summed E-state index contributed by atoms with van der Waals surface area (Å²) in [6, 6.07) is 3.66. The number of imidazole rings is 1. The van der Waals surface area contributed by atoms with Gasteiger partial charge in [0.15, 0.2) is 10.9 Å². The molecule has 0 spiro atoms. The number of hydrogen-bond acceptors (Lipinski definition) is 5. The highest BCUT2D eigenvalue weighted by Crippen LogP contribution is 2.22. The van der Waals surface area contributed by atoms with Crippen LogP contribution < -0.4 is 5.32 Å². The maximum atomic E-state index is 12.2. The zero-order chi connectivity index (χ0) is 16.2. The number of nitrogens with one attached hydrogen (secondary N) is 1. The zero-order valence-corrected chi connectivity index (χ0v) is 13.9. The topological polar surface area (TPSA) is 80.3 Å². The molecular formula is C16H21N3O3S. The SMILES string of the molecule is Cn1ccnc1SCc1ccc(C(=O)NC2CCC(O)CC2)o1. The van der Waals surface area contributed by atoms with Crippen LogP contribution in [0.3, 0.4) is 0 Å². The Balaban J connectivity index is 1.52. The Labute approximate surface area is 139 Å². The summed E-state index contributed by atoms with van der Waals surface area (Å²) in [6.07, 6.45) is 6.55. The minimum absolute atomic E-state index is 0.126. The molecule has 7 heteroatoms. The number of aliphatic hydroxyl groups excluding tert-OH is 1. The van der Waals surface area contributed by atoms with E-state index in [9.17, 15) is 9.90 Å². The molecule has 0 aliphatic heterocycles. The summed E-state index contributed by atoms with van der Waals surface area (Å²) in [5, 5.41) is 13.4. The van der Waals surface area contributed by atoms with Gasteiger partial charge in [0.05, 0.1) is 11.9 Å². The van der Waals surface area contributed by atoms with E-state index in [4.69, 9.17) is 4.42 Å². The number of aliphatic hydroxyl groups is 1. The maximum Gasteiger partial charge on any atom is 0.287 e. The van der Waals surface area contributed by atoms with Crippen LogP contribution in [0.4, 0.5) is 0 Å². The summed E-state index contributed by atoms with van der Waals surface area (Å²) in [4.78, 5) is 16.4. The predicted octanol–water partition coefficient (Wildman–Crippen LogP) is 2.34. The van der Waals surface area contributed by atoms with E-state index in [0.29, 0.717) is 11.5 Å². The first kappa shape index (κ1) is 16.1. The van der Waals surface area contributed by atoms with Gasteiger partial charge >= 0.3 is 0 Å². The minimum Gasteiger partial charge on any atom is -0.455 e. The van der Waals surface area contributed by atoms with Crippen molar-refractivity contribution in [1.29, 1.82) is 0 Å². The lowest BCUT2D eigenvalue weighted by Gasteiger charge is -2.25. The summed E-state index contributed by atoms with van der Waals surface area (Å²) in [5.74, 6) is 1.54. The largest absolute Gasteiger partial charge is 0.455 e. The first-order chi connectivity index (χ1) is 11.1. The maximum absolute atomic E-state index is 12.2. The Morgan fingerprint density at radius 3 is 2.91 bits per heavy atom. The normalized spacial score (nSPS) is 21.3. The summed E-state index contributed by atoms with van der Waals surface area (Å²) >= 11 is 1.57. The molecule has 3 rings (SSSR count). The molecule has 2 aromatic heterocycles. The van der Waals surface area contributed by atoms with Gasteiger partial charge in [-0.2, -0.15) is 0 Å². The van der Waals surface area contributed by atoms with Crippen molar-refractivity contribution >= 4 is 17.7 Å². The number of carbonyl (C=O) groups is 1. The highest BCUT2D eigenvalue weighted by atomic mass is 32.2. The minimum atomic E-state index is -0.221. The molecule has 2 aromatic rings. The second-order valence-corrected chi connectivity index (χ2v) is 6.80. The first-order valence-electron chi connectivity index (χ1n) is 7.79. The second-order valence-electron chi connectivity index (χ2n) is 5.85. The van der Waals surface area contributed by atoms with Crippen LogP contribution in [0.5, 0.6) is 0 Å². The number of carbonyl (C=O) groups excluding carboxylic acids is 1. The van der Waals surface area contributed by atoms with Gasteiger partial charge in [-0.3, -0.25) is 4.79 Å². The lowest BCUT2D eigenvalue weighted by atomic mass is 9.93. The fourth-order valence-electron chi connectivity index (χ4n) is 2.68. The summed E-state index contributed by atoms with van der Waals surface area (Å²) in [5.41, 5.74) is 0. The van der Waals surface area contributed by atoms with Crippen LogP contribution in [-0.4, -0.2) is 32.7 Å². The van der Waals surface area contributed by atoms with Crippen molar-refractivity contribution in [2.45, 2.75) is 48.7 Å². The van der Waals surface area contributed by atoms with Crippen molar-refractivity contribution < 1.29 is 14.3 Å². The van der Waals surface area contributed by atoms with Crippen LogP contribution in [0.15, 0.2) is 34.1 Å². The smallest absolute Gasteiger partial charge is 0.287 e. The molecule has 1 amide bonds. The predicted molar refractivity (Wildman–Crippen MR) is 87.2 cm³/mol. The number of hydrogen-bond donors (Lipinski definition) is 2. The molecule has 0 unspecified atom stereocenters. The highest BCUT2D eigenvalue weighted by molar-refractivity contribution is 7.98. The lowest BCUT2D eigenvalue weighted by molar-refractivity contribution is 0.0842. The lowest BCUT2D eigenvalue weighted by Crippen LogP contribution is -2.38. The van der Waals surface area contributed by atoms with Crippen LogP contribution in [0.2, 0.25) is 0 Å². The van der Waals surface area contributed by atoms with Gasteiger partial charge in [0, 0.05) is 25.5 Å². The van der Waals surface area contributed by atoms with E-state index in [1.54, 1.807) is 24.0 Å². The molecule has 0 bridgehead atoms. The number of amides is 1. The quantitative estimate of drug-likeness (QED) is 0.820. The summed E-state index contributed by atoms with van der Waals surface area (Å²) < 4.78 is 7.57. The molecule has 1 aliphatic carbocycles. The van der Waals surface area contributed by atoms with Crippen LogP contribution in [0.1, 0.15) is 42.0 Å². The third kappa shape index (κ3) is 4.17. The fraction of sp³-hybridized carbons (Fsp3) is 0.500. The number of thioether (sulfide) groups is 1. The Morgan fingerprint density at radius 1 is 1.43 bits per heavy atom. The molecule has 0 atom stereocenters. The van der Waals surface area contributed by atoms with Gasteiger partial charge in [0.2, 0.25) is 0 Å². The van der Waals surface area contributed by atoms with Gasteiger partial charge in [-0.1, -0.05) is 11.8 Å². The van der Waals surface area contributed by atoms with Crippen LogP contribution in [-0.2, 0) is 12.8 Å². The average Bonchev–Trinajstić information content (AvgIpc) is 3.16. The van der Waals surface area contributed by atoms with Gasteiger partial charge < -0.3 is 19.4 Å². The van der Waals surface area contributed by atoms with E-state index < -0.39 is 0 Å². The van der Waals surface area contributed by atoms with Crippen molar-refractivity contribution in [2.75, 3.05) is 0 Å². The van der Waals surface area contributed by atoms with E-state index in [0.717, 1.165) is 36.6 Å². The third-order valence-electron chi connectivity index (χ3n) is 4.04. The highest BCUT2D eigenvalue weighted by Gasteiger charge is 2.22. The van der Waals surface area contributed by atoms with Crippen LogP contribution in [0.25, 0.3) is 0 Å². The van der Waals surface area contributed by atoms with Crippen molar-refractivity contribution in [3.8, 4) is 0 Å². The van der Waals surface area contributed by atoms with Crippen molar-refractivity contribution in [3.05, 3.63) is 36.0 Å². The van der Waals surface area contributed by atoms with Crippen molar-refractivity contribution in [1.82, 2.24) is 14.9 Å². The second kappa shape index (κ2) is 7.23. The molecule has 23 heavy (non-hydrogen) atoms. The van der Waals surface area contributed by atoms with Gasteiger partial charge in [0.25, 0.3) is 5.91 Å². The first-order valence-corrected chi connectivity index (χ1v) is 8.78. The molecule has 6 nitrogen and oxygen atoms in total. The van der Waals surface area contributed by atoms with Crippen molar-refractivity contribution in [3.63, 3.8) is 0 Å². The van der Waals surface area contributed by atoms with Crippen LogP contribution >= 0.6 is 11.8 Å². The van der Waals surface area contributed by atoms with Crippen molar-refractivity contribution in [2.24, 2.45) is 7.05 Å². The van der Waals surface area contributed by atoms with E-state index in [1.807, 2.05) is 23.9 Å². The molecule has 1 aliphatic rings. The molecule has 1 saturated carbocycles. The third-order valence-corrected chi connectivity index (χ3v) is 5.12. The molecule has 1 fully saturated rings. The number of nitrogens with zero attached hydrogens (tertiary/aromatic N) is 2. The van der Waals surface area contributed by atoms with E-state index in [2.05, 4.69) is 10.3 Å². The summed E-state index contributed by atoms with van der Waals surface area (Å²) in [6.45, 7) is 0. The number of furan rings is 1. The molecular weight excluding hydrogens is 314 g/mol. The molecule has 124 valence electrons. The van der Waals surface area contributed by atoms with Gasteiger partial charge in [0.1, 0.15) is 5.76 Å². The molecule has 0 saturated heterocycles. The molecule has 2 heterocycles. The fourth-order valence-corrected chi connectivity index (χ4v) is 3.51. The standard InChI is InChI=1S/C16H21N3O3S/c1-19-9-8-17-16(19)23-10-13-6-7-14(22-13)15(21)18-11-2-4-12(20)5-3-11/h6-9,11-12,20H,2-5,10H2,1H3,(H,18,21). The van der Waals surface area contributed by atoms with Gasteiger partial charge in [-0.05, 0) is 37.8 Å². The molecule has 0 radical (unpaired) electrons. The zero-order valence-electron chi connectivity index (χ0n) is 13.1. The van der Waals surface area contributed by atoms with Gasteiger partial charge in [-0.25, -0.2) is 4.98 Å². The summed E-state index contributed by atoms with van der Waals surface area (Å²) in [7, 11) is 1.94. The number of rotatable bonds is 5. The van der Waals surface area contributed by atoms with E-state index in [-0.39, 0.29) is 18.1 Å². The molecule has 0 aromatic carbocycles. The monoisotopic (exact) mass is 335 g/mol. The number of aryl methyl sites for hydroxylation is 1. The van der Waals surface area contributed by atoms with E-state index in [1.165, 1.54) is 0 Å². The Kier molecular flexibility index (Phi) is 5.07. The number of aromatic nitrogens is 2. The van der Waals surface area contributed by atoms with E-state index >= 15 is 0 Å². The Morgan fingerprint density at radius 2 is 2.22 bits per heavy atom. The van der Waals surface area contributed by atoms with Crippen LogP contribution in [0, 0.1) is 0 Å². The Bertz CT molecular complexity index is 659. The van der Waals surface area contributed by atoms with Gasteiger partial charge in [-0.15, -0.1) is 0 Å². The molecule has 2 N–H and O–H groups in total.